The Morgan fingerprint density at radius 3 is 2.59 bits per heavy atom. The second-order valence-corrected chi connectivity index (χ2v) is 9.74. The van der Waals surface area contributed by atoms with E-state index in [0.717, 1.165) is 69.0 Å². The van der Waals surface area contributed by atoms with Crippen LogP contribution in [0.2, 0.25) is 0 Å². The molecule has 3 aliphatic rings. The van der Waals surface area contributed by atoms with Crippen LogP contribution in [-0.4, -0.2) is 61.8 Å². The van der Waals surface area contributed by atoms with Crippen molar-refractivity contribution >= 4 is 11.6 Å². The van der Waals surface area contributed by atoms with Gasteiger partial charge in [0.1, 0.15) is 0 Å². The van der Waals surface area contributed by atoms with Gasteiger partial charge in [0.25, 0.3) is 0 Å². The molecule has 3 N–H and O–H groups in total. The Hall–Kier alpha value is -2.77. The summed E-state index contributed by atoms with van der Waals surface area (Å²) in [4.78, 5) is 10.0. The lowest BCUT2D eigenvalue weighted by Gasteiger charge is -2.37. The first kappa shape index (κ1) is 23.0. The van der Waals surface area contributed by atoms with Gasteiger partial charge in [0, 0.05) is 45.0 Å². The SMILES string of the molecule is NCC1CCCC(CN=C(Nc2ccccc2)N2CCN(Cc3ccc4c(c3)OCO4)CC2)C1. The smallest absolute Gasteiger partial charge is 0.231 e. The number of hydrogen-bond donors (Lipinski definition) is 2. The maximum atomic E-state index is 5.96. The van der Waals surface area contributed by atoms with Crippen molar-refractivity contribution in [1.82, 2.24) is 9.80 Å². The standard InChI is InChI=1S/C27H37N5O2/c28-17-21-5-4-6-22(15-21)18-29-27(30-24-7-2-1-3-8-24)32-13-11-31(12-14-32)19-23-9-10-25-26(16-23)34-20-33-25/h1-3,7-10,16,21-22H,4-6,11-15,17-20,28H2,(H,29,30). The lowest BCUT2D eigenvalue weighted by atomic mass is 9.81. The van der Waals surface area contributed by atoms with Gasteiger partial charge < -0.3 is 25.4 Å². The topological polar surface area (TPSA) is 75.4 Å². The van der Waals surface area contributed by atoms with Crippen LogP contribution in [0.4, 0.5) is 5.69 Å². The van der Waals surface area contributed by atoms with Crippen LogP contribution in [-0.2, 0) is 6.54 Å². The summed E-state index contributed by atoms with van der Waals surface area (Å²) in [5.74, 6) is 4.01. The molecule has 0 bridgehead atoms. The number of nitrogens with zero attached hydrogens (tertiary/aromatic N) is 3. The van der Waals surface area contributed by atoms with E-state index in [0.29, 0.717) is 18.6 Å². The number of nitrogens with one attached hydrogen (secondary N) is 1. The van der Waals surface area contributed by atoms with E-state index in [4.69, 9.17) is 20.2 Å². The van der Waals surface area contributed by atoms with Crippen molar-refractivity contribution in [3.8, 4) is 11.5 Å². The molecular weight excluding hydrogens is 426 g/mol. The number of rotatable bonds is 6. The Bertz CT molecular complexity index is 959. The first-order chi connectivity index (χ1) is 16.8. The first-order valence-electron chi connectivity index (χ1n) is 12.7. The second-order valence-electron chi connectivity index (χ2n) is 9.74. The Labute approximate surface area is 202 Å². The molecule has 2 fully saturated rings. The highest BCUT2D eigenvalue weighted by molar-refractivity contribution is 5.93. The summed E-state index contributed by atoms with van der Waals surface area (Å²) in [5.41, 5.74) is 8.32. The van der Waals surface area contributed by atoms with Crippen molar-refractivity contribution in [2.24, 2.45) is 22.6 Å². The van der Waals surface area contributed by atoms with E-state index in [9.17, 15) is 0 Å². The largest absolute Gasteiger partial charge is 0.454 e. The summed E-state index contributed by atoms with van der Waals surface area (Å²) >= 11 is 0. The fourth-order valence-electron chi connectivity index (χ4n) is 5.28. The normalized spacial score (nSPS) is 23.2. The quantitative estimate of drug-likeness (QED) is 0.502. The van der Waals surface area contributed by atoms with Gasteiger partial charge in [0.15, 0.2) is 17.5 Å². The molecule has 0 radical (unpaired) electrons. The fourth-order valence-corrected chi connectivity index (χ4v) is 5.28. The van der Waals surface area contributed by atoms with Crippen LogP contribution < -0.4 is 20.5 Å². The summed E-state index contributed by atoms with van der Waals surface area (Å²) < 4.78 is 11.0. The monoisotopic (exact) mass is 463 g/mol. The molecular formula is C27H37N5O2. The van der Waals surface area contributed by atoms with E-state index in [1.165, 1.54) is 31.2 Å². The molecule has 5 rings (SSSR count). The molecule has 2 aromatic rings. The molecule has 2 aliphatic heterocycles. The molecule has 1 aliphatic carbocycles. The maximum absolute atomic E-state index is 5.96. The van der Waals surface area contributed by atoms with Gasteiger partial charge in [-0.2, -0.15) is 0 Å². The van der Waals surface area contributed by atoms with E-state index in [1.54, 1.807) is 0 Å². The molecule has 2 aromatic carbocycles. The van der Waals surface area contributed by atoms with Crippen LogP contribution >= 0.6 is 0 Å². The third kappa shape index (κ3) is 5.83. The molecule has 1 saturated carbocycles. The predicted octanol–water partition coefficient (Wildman–Crippen LogP) is 3.77. The van der Waals surface area contributed by atoms with Gasteiger partial charge in [-0.05, 0) is 67.5 Å². The molecule has 2 atom stereocenters. The molecule has 182 valence electrons. The zero-order valence-electron chi connectivity index (χ0n) is 20.0. The molecule has 0 aromatic heterocycles. The number of ether oxygens (including phenoxy) is 2. The third-order valence-corrected chi connectivity index (χ3v) is 7.27. The van der Waals surface area contributed by atoms with Crippen molar-refractivity contribution in [3.63, 3.8) is 0 Å². The number of anilines is 1. The number of hydrogen-bond acceptors (Lipinski definition) is 5. The van der Waals surface area contributed by atoms with Gasteiger partial charge in [0.2, 0.25) is 6.79 Å². The first-order valence-corrected chi connectivity index (χ1v) is 12.7. The Morgan fingerprint density at radius 1 is 0.971 bits per heavy atom. The minimum atomic E-state index is 0.321. The molecule has 1 saturated heterocycles. The molecule has 34 heavy (non-hydrogen) atoms. The Morgan fingerprint density at radius 2 is 1.76 bits per heavy atom. The molecule has 2 unspecified atom stereocenters. The highest BCUT2D eigenvalue weighted by Crippen LogP contribution is 2.33. The van der Waals surface area contributed by atoms with Crippen LogP contribution in [0, 0.1) is 11.8 Å². The van der Waals surface area contributed by atoms with Crippen molar-refractivity contribution in [1.29, 1.82) is 0 Å². The zero-order valence-corrected chi connectivity index (χ0v) is 20.0. The van der Waals surface area contributed by atoms with Gasteiger partial charge in [-0.3, -0.25) is 9.89 Å². The summed E-state index contributed by atoms with van der Waals surface area (Å²) in [6.45, 7) is 6.85. The van der Waals surface area contributed by atoms with Crippen molar-refractivity contribution in [2.45, 2.75) is 32.2 Å². The number of piperazine rings is 1. The molecule has 0 spiro atoms. The Kier molecular flexibility index (Phi) is 7.51. The summed E-state index contributed by atoms with van der Waals surface area (Å²) in [6, 6.07) is 16.7. The molecule has 0 amide bonds. The van der Waals surface area contributed by atoms with Gasteiger partial charge >= 0.3 is 0 Å². The minimum Gasteiger partial charge on any atom is -0.454 e. The number of benzene rings is 2. The third-order valence-electron chi connectivity index (χ3n) is 7.27. The van der Waals surface area contributed by atoms with Gasteiger partial charge in [0.05, 0.1) is 0 Å². The van der Waals surface area contributed by atoms with Crippen molar-refractivity contribution in [3.05, 3.63) is 54.1 Å². The average molecular weight is 464 g/mol. The predicted molar refractivity (Wildman–Crippen MR) is 136 cm³/mol. The maximum Gasteiger partial charge on any atom is 0.231 e. The number of para-hydroxylation sites is 1. The molecule has 7 heteroatoms. The second kappa shape index (κ2) is 11.1. The van der Waals surface area contributed by atoms with E-state index >= 15 is 0 Å². The minimum absolute atomic E-state index is 0.321. The Balaban J connectivity index is 1.21. The lowest BCUT2D eigenvalue weighted by molar-refractivity contribution is 0.172. The van der Waals surface area contributed by atoms with E-state index in [-0.39, 0.29) is 0 Å². The average Bonchev–Trinajstić information content (AvgIpc) is 3.36. The summed E-state index contributed by atoms with van der Waals surface area (Å²) in [5, 5.41) is 3.61. The summed E-state index contributed by atoms with van der Waals surface area (Å²) in [6.07, 6.45) is 5.03. The van der Waals surface area contributed by atoms with Gasteiger partial charge in [-0.1, -0.05) is 30.7 Å². The van der Waals surface area contributed by atoms with E-state index < -0.39 is 0 Å². The van der Waals surface area contributed by atoms with Crippen LogP contribution in [0.5, 0.6) is 11.5 Å². The number of nitrogens with two attached hydrogens (primary N) is 1. The highest BCUT2D eigenvalue weighted by atomic mass is 16.7. The van der Waals surface area contributed by atoms with Crippen molar-refractivity contribution < 1.29 is 9.47 Å². The molecule has 2 heterocycles. The summed E-state index contributed by atoms with van der Waals surface area (Å²) in [7, 11) is 0. The van der Waals surface area contributed by atoms with Gasteiger partial charge in [-0.25, -0.2) is 0 Å². The lowest BCUT2D eigenvalue weighted by Crippen LogP contribution is -2.50. The number of aliphatic imine (C=N–C) groups is 1. The number of fused-ring (bicyclic) bond motifs is 1. The van der Waals surface area contributed by atoms with Crippen LogP contribution in [0.25, 0.3) is 0 Å². The highest BCUT2D eigenvalue weighted by Gasteiger charge is 2.24. The van der Waals surface area contributed by atoms with Crippen LogP contribution in [0.15, 0.2) is 53.5 Å². The molecule has 7 nitrogen and oxygen atoms in total. The van der Waals surface area contributed by atoms with Gasteiger partial charge in [-0.15, -0.1) is 0 Å². The van der Waals surface area contributed by atoms with E-state index in [1.807, 2.05) is 12.1 Å². The van der Waals surface area contributed by atoms with Crippen LogP contribution in [0.1, 0.15) is 31.2 Å². The van der Waals surface area contributed by atoms with E-state index in [2.05, 4.69) is 51.5 Å². The van der Waals surface area contributed by atoms with Crippen molar-refractivity contribution in [2.75, 3.05) is 51.4 Å². The number of guanidine groups is 1. The van der Waals surface area contributed by atoms with Crippen LogP contribution in [0.3, 0.4) is 0 Å². The fraction of sp³-hybridized carbons (Fsp3) is 0.519. The zero-order chi connectivity index (χ0) is 23.2.